The normalized spacial score (nSPS) is 12.0. The Hall–Kier alpha value is -1.71. The first-order valence-corrected chi connectivity index (χ1v) is 10.3. The number of alkyl halides is 2. The number of hydrogen-bond donors (Lipinski definition) is 0. The number of carbonyl (C=O) groups excluding carboxylic acids is 1. The molecule has 10 heteroatoms. The average molecular weight is 493 g/mol. The third-order valence-corrected chi connectivity index (χ3v) is 5.32. The van der Waals surface area contributed by atoms with Crippen molar-refractivity contribution >= 4 is 61.7 Å². The zero-order valence-electron chi connectivity index (χ0n) is 15.2. The molecule has 0 saturated heterocycles. The third-order valence-electron chi connectivity index (χ3n) is 3.69. The van der Waals surface area contributed by atoms with Crippen molar-refractivity contribution in [2.24, 2.45) is 0 Å². The Bertz CT molecular complexity index is 1000. The molecule has 0 saturated carbocycles. The maximum atomic E-state index is 13.7. The molecular formula is C18H17BrClF2N3O2S. The number of carbonyl (C=O) groups is 1. The molecule has 0 aromatic carbocycles. The average Bonchev–Trinajstić information content (AvgIpc) is 3.19. The lowest BCUT2D eigenvalue weighted by molar-refractivity contribution is 0.0575. The van der Waals surface area contributed by atoms with Gasteiger partial charge >= 0.3 is 12.6 Å². The summed E-state index contributed by atoms with van der Waals surface area (Å²) in [5.74, 6) is 0. The predicted octanol–water partition coefficient (Wildman–Crippen LogP) is 6.85. The highest BCUT2D eigenvalue weighted by Crippen LogP contribution is 2.38. The third kappa shape index (κ3) is 4.47. The van der Waals surface area contributed by atoms with Crippen molar-refractivity contribution in [1.29, 1.82) is 0 Å². The fourth-order valence-corrected chi connectivity index (χ4v) is 4.02. The highest BCUT2D eigenvalue weighted by atomic mass is 79.9. The molecule has 0 atom stereocenters. The van der Waals surface area contributed by atoms with Gasteiger partial charge in [0.05, 0.1) is 22.2 Å². The van der Waals surface area contributed by atoms with Gasteiger partial charge in [-0.05, 0) is 48.1 Å². The molecule has 0 unspecified atom stereocenters. The van der Waals surface area contributed by atoms with Crippen molar-refractivity contribution in [3.8, 4) is 0 Å². The molecule has 3 heterocycles. The van der Waals surface area contributed by atoms with E-state index in [9.17, 15) is 13.6 Å². The lowest BCUT2D eigenvalue weighted by atomic mass is 10.2. The second-order valence-corrected chi connectivity index (χ2v) is 9.24. The van der Waals surface area contributed by atoms with Crippen LogP contribution in [-0.2, 0) is 11.3 Å². The topological polar surface area (TPSA) is 47.4 Å². The molecule has 150 valence electrons. The number of halogens is 4. The van der Waals surface area contributed by atoms with E-state index in [1.165, 1.54) is 28.5 Å². The quantitative estimate of drug-likeness (QED) is 0.374. The molecule has 0 aliphatic heterocycles. The predicted molar refractivity (Wildman–Crippen MR) is 110 cm³/mol. The number of pyridine rings is 1. The van der Waals surface area contributed by atoms with E-state index in [4.69, 9.17) is 16.3 Å². The van der Waals surface area contributed by atoms with E-state index >= 15 is 0 Å². The number of thiophene rings is 1. The van der Waals surface area contributed by atoms with Crippen LogP contribution in [0.3, 0.4) is 0 Å². The Morgan fingerprint density at radius 1 is 1.46 bits per heavy atom. The minimum Gasteiger partial charge on any atom is -0.443 e. The second-order valence-electron chi connectivity index (χ2n) is 6.97. The summed E-state index contributed by atoms with van der Waals surface area (Å²) in [5, 5.41) is 1.95. The smallest absolute Gasteiger partial charge is 0.415 e. The van der Waals surface area contributed by atoms with Gasteiger partial charge in [-0.15, -0.1) is 11.3 Å². The van der Waals surface area contributed by atoms with Crippen LogP contribution in [-0.4, -0.2) is 21.2 Å². The van der Waals surface area contributed by atoms with Crippen LogP contribution in [0.1, 0.15) is 32.2 Å². The zero-order chi connectivity index (χ0) is 20.6. The number of nitrogens with zero attached hydrogens (tertiary/aromatic N) is 3. The van der Waals surface area contributed by atoms with Crippen molar-refractivity contribution in [3.63, 3.8) is 0 Å². The van der Waals surface area contributed by atoms with Crippen LogP contribution < -0.4 is 4.90 Å². The minimum absolute atomic E-state index is 0.0787. The molecule has 0 fully saturated rings. The summed E-state index contributed by atoms with van der Waals surface area (Å²) >= 11 is 10.8. The Morgan fingerprint density at radius 3 is 2.75 bits per heavy atom. The molecule has 28 heavy (non-hydrogen) atoms. The van der Waals surface area contributed by atoms with Crippen molar-refractivity contribution in [1.82, 2.24) is 9.55 Å². The lowest BCUT2D eigenvalue weighted by Gasteiger charge is -2.28. The van der Waals surface area contributed by atoms with E-state index in [1.807, 2.05) is 17.5 Å². The summed E-state index contributed by atoms with van der Waals surface area (Å²) in [5.41, 5.74) is -0.230. The SMILES string of the molecule is CC(C)(C)OC(=O)N(Cc1cccs1)c1cc(Cl)nc2c(Br)cn(C(F)F)c12. The van der Waals surface area contributed by atoms with Crippen LogP contribution in [0.4, 0.5) is 19.3 Å². The van der Waals surface area contributed by atoms with E-state index in [0.717, 1.165) is 9.44 Å². The van der Waals surface area contributed by atoms with Gasteiger partial charge in [0.25, 0.3) is 0 Å². The Kier molecular flexibility index (Phi) is 5.97. The molecule has 0 radical (unpaired) electrons. The number of amides is 1. The molecule has 0 aliphatic rings. The highest BCUT2D eigenvalue weighted by molar-refractivity contribution is 9.10. The van der Waals surface area contributed by atoms with Gasteiger partial charge in [-0.25, -0.2) is 9.78 Å². The van der Waals surface area contributed by atoms with Crippen LogP contribution in [0.15, 0.2) is 34.2 Å². The molecule has 5 nitrogen and oxygen atoms in total. The Labute approximate surface area is 178 Å². The van der Waals surface area contributed by atoms with E-state index in [1.54, 1.807) is 20.8 Å². The lowest BCUT2D eigenvalue weighted by Crippen LogP contribution is -2.36. The van der Waals surface area contributed by atoms with Gasteiger partial charge in [0.15, 0.2) is 0 Å². The molecule has 0 bridgehead atoms. The molecule has 3 aromatic rings. The van der Waals surface area contributed by atoms with Gasteiger partial charge < -0.3 is 4.74 Å². The number of aromatic nitrogens is 2. The monoisotopic (exact) mass is 491 g/mol. The Balaban J connectivity index is 2.21. The largest absolute Gasteiger partial charge is 0.443 e. The summed E-state index contributed by atoms with van der Waals surface area (Å²) in [4.78, 5) is 19.3. The maximum Gasteiger partial charge on any atom is 0.415 e. The standard InChI is InChI=1S/C18H17BrClF2N3O2S/c1-18(2,3)27-17(26)24(8-10-5-4-6-28-10)12-7-13(20)23-14-11(19)9-25(15(12)14)16(21)22/h4-7,9,16H,8H2,1-3H3. The van der Waals surface area contributed by atoms with Crippen molar-refractivity contribution < 1.29 is 18.3 Å². The van der Waals surface area contributed by atoms with E-state index in [-0.39, 0.29) is 28.4 Å². The first kappa shape index (κ1) is 21.0. The van der Waals surface area contributed by atoms with Gasteiger partial charge in [0, 0.05) is 17.1 Å². The molecule has 3 aromatic heterocycles. The molecule has 0 N–H and O–H groups in total. The fraction of sp³-hybridized carbons (Fsp3) is 0.333. The maximum absolute atomic E-state index is 13.7. The first-order valence-electron chi connectivity index (χ1n) is 8.24. The second kappa shape index (κ2) is 7.96. The summed E-state index contributed by atoms with van der Waals surface area (Å²) in [6.07, 6.45) is 0.559. The summed E-state index contributed by atoms with van der Waals surface area (Å²) in [7, 11) is 0. The van der Waals surface area contributed by atoms with Crippen LogP contribution in [0, 0.1) is 0 Å². The van der Waals surface area contributed by atoms with E-state index < -0.39 is 18.2 Å². The summed E-state index contributed by atoms with van der Waals surface area (Å²) < 4.78 is 33.9. The summed E-state index contributed by atoms with van der Waals surface area (Å²) in [6.45, 7) is 2.54. The number of hydrogen-bond acceptors (Lipinski definition) is 4. The molecule has 0 aliphatic carbocycles. The van der Waals surface area contributed by atoms with Gasteiger partial charge in [0.2, 0.25) is 0 Å². The molecule has 3 rings (SSSR count). The van der Waals surface area contributed by atoms with Crippen LogP contribution >= 0.6 is 38.9 Å². The molecular weight excluding hydrogens is 476 g/mol. The first-order chi connectivity index (χ1) is 13.1. The van der Waals surface area contributed by atoms with Crippen LogP contribution in [0.2, 0.25) is 5.15 Å². The fourth-order valence-electron chi connectivity index (χ4n) is 2.65. The Morgan fingerprint density at radius 2 is 2.18 bits per heavy atom. The van der Waals surface area contributed by atoms with Crippen LogP contribution in [0.5, 0.6) is 0 Å². The van der Waals surface area contributed by atoms with Gasteiger partial charge in [-0.3, -0.25) is 9.47 Å². The van der Waals surface area contributed by atoms with E-state index in [2.05, 4.69) is 20.9 Å². The zero-order valence-corrected chi connectivity index (χ0v) is 18.4. The number of fused-ring (bicyclic) bond motifs is 1. The number of ether oxygens (including phenoxy) is 1. The number of rotatable bonds is 4. The van der Waals surface area contributed by atoms with Gasteiger partial charge in [0.1, 0.15) is 16.3 Å². The molecule has 1 amide bonds. The minimum atomic E-state index is -2.82. The summed E-state index contributed by atoms with van der Waals surface area (Å²) in [6, 6.07) is 5.09. The van der Waals surface area contributed by atoms with Gasteiger partial charge in [-0.1, -0.05) is 17.7 Å². The van der Waals surface area contributed by atoms with Crippen LogP contribution in [0.25, 0.3) is 11.0 Å². The van der Waals surface area contributed by atoms with E-state index in [0.29, 0.717) is 4.47 Å². The van der Waals surface area contributed by atoms with Gasteiger partial charge in [-0.2, -0.15) is 8.78 Å². The van der Waals surface area contributed by atoms with Crippen molar-refractivity contribution in [3.05, 3.63) is 44.3 Å². The van der Waals surface area contributed by atoms with Crippen molar-refractivity contribution in [2.45, 2.75) is 39.5 Å². The highest BCUT2D eigenvalue weighted by Gasteiger charge is 2.29. The molecule has 0 spiro atoms. The van der Waals surface area contributed by atoms with Crippen molar-refractivity contribution in [2.75, 3.05) is 4.90 Å². The number of anilines is 1.